The van der Waals surface area contributed by atoms with E-state index in [9.17, 15) is 4.79 Å². The fourth-order valence-corrected chi connectivity index (χ4v) is 3.77. The molecule has 5 N–H and O–H groups in total. The average Bonchev–Trinajstić information content (AvgIpc) is 2.56. The fraction of sp³-hybridized carbons (Fsp3) is 0.526. The second-order valence-electron chi connectivity index (χ2n) is 8.19. The molecule has 1 heterocycles. The Labute approximate surface area is 164 Å². The van der Waals surface area contributed by atoms with Crippen LogP contribution in [0.3, 0.4) is 0 Å². The summed E-state index contributed by atoms with van der Waals surface area (Å²) in [6, 6.07) is 5.45. The molecule has 1 aromatic carbocycles. The smallest absolute Gasteiger partial charge is 0.229 e. The van der Waals surface area contributed by atoms with Crippen LogP contribution in [0.25, 0.3) is 0 Å². The number of nitrogens with two attached hydrogens (primary N) is 2. The molecule has 1 aliphatic heterocycles. The Balaban J connectivity index is 1.94. The minimum absolute atomic E-state index is 0.0997. The van der Waals surface area contributed by atoms with Gasteiger partial charge in [-0.2, -0.15) is 4.99 Å². The van der Waals surface area contributed by atoms with Crippen molar-refractivity contribution in [3.8, 4) is 0 Å². The van der Waals surface area contributed by atoms with Crippen LogP contribution in [0.5, 0.6) is 0 Å². The first kappa shape index (κ1) is 19.5. The lowest BCUT2D eigenvalue weighted by Crippen LogP contribution is -2.58. The molecular formula is C19H27ClN6O. The van der Waals surface area contributed by atoms with Crippen LogP contribution in [-0.2, 0) is 4.79 Å². The van der Waals surface area contributed by atoms with Crippen molar-refractivity contribution in [2.75, 3.05) is 10.2 Å². The highest BCUT2D eigenvalue weighted by molar-refractivity contribution is 6.34. The maximum absolute atomic E-state index is 12.3. The Kier molecular flexibility index (Phi) is 5.08. The summed E-state index contributed by atoms with van der Waals surface area (Å²) >= 11 is 6.46. The van der Waals surface area contributed by atoms with Crippen LogP contribution < -0.4 is 21.7 Å². The molecule has 1 fully saturated rings. The zero-order valence-corrected chi connectivity index (χ0v) is 16.8. The molecule has 0 aromatic heterocycles. The molecule has 0 atom stereocenters. The highest BCUT2D eigenvalue weighted by Gasteiger charge is 2.42. The standard InChI is InChI=1S/C19H27ClN6O/c1-18(2,3)15(27)23-14-8-7-12(11-13(14)20)26-17(22)24-16(21)25-19(26)9-5-4-6-10-19/h7-8,11H,4-6,9-10H2,1-3H3,(H,23,27)(H4,21,22,24,25). The maximum Gasteiger partial charge on any atom is 0.229 e. The van der Waals surface area contributed by atoms with E-state index in [-0.39, 0.29) is 11.9 Å². The largest absolute Gasteiger partial charge is 0.369 e. The van der Waals surface area contributed by atoms with Crippen LogP contribution in [0.2, 0.25) is 5.02 Å². The quantitative estimate of drug-likeness (QED) is 0.718. The minimum atomic E-state index is -0.520. The molecule has 1 saturated carbocycles. The lowest BCUT2D eigenvalue weighted by atomic mass is 9.87. The molecule has 0 radical (unpaired) electrons. The SMILES string of the molecule is CC(C)(C)C(=O)Nc1ccc(N2C(N)=NC(N)=NC23CCCCC3)cc1Cl. The van der Waals surface area contributed by atoms with Crippen molar-refractivity contribution < 1.29 is 4.79 Å². The van der Waals surface area contributed by atoms with Crippen molar-refractivity contribution in [1.82, 2.24) is 0 Å². The second kappa shape index (κ2) is 7.03. The minimum Gasteiger partial charge on any atom is -0.369 e. The van der Waals surface area contributed by atoms with Gasteiger partial charge < -0.3 is 16.8 Å². The number of amides is 1. The highest BCUT2D eigenvalue weighted by atomic mass is 35.5. The maximum atomic E-state index is 12.3. The van der Waals surface area contributed by atoms with Gasteiger partial charge in [-0.05, 0) is 43.9 Å². The number of nitrogens with one attached hydrogen (secondary N) is 1. The summed E-state index contributed by atoms with van der Waals surface area (Å²) in [5.74, 6) is 0.426. The molecule has 1 amide bonds. The van der Waals surface area contributed by atoms with Crippen molar-refractivity contribution in [3.05, 3.63) is 23.2 Å². The first-order chi connectivity index (χ1) is 12.6. The van der Waals surface area contributed by atoms with E-state index in [1.807, 2.05) is 31.7 Å². The number of guanidine groups is 2. The third-order valence-corrected chi connectivity index (χ3v) is 5.30. The molecule has 0 saturated heterocycles. The monoisotopic (exact) mass is 390 g/mol. The number of anilines is 2. The third-order valence-electron chi connectivity index (χ3n) is 4.99. The lowest BCUT2D eigenvalue weighted by molar-refractivity contribution is -0.123. The molecule has 27 heavy (non-hydrogen) atoms. The Morgan fingerprint density at radius 2 is 1.89 bits per heavy atom. The number of rotatable bonds is 2. The van der Waals surface area contributed by atoms with Gasteiger partial charge in [-0.1, -0.05) is 38.8 Å². The van der Waals surface area contributed by atoms with Gasteiger partial charge in [0, 0.05) is 11.1 Å². The average molecular weight is 391 g/mol. The molecule has 7 nitrogen and oxygen atoms in total. The van der Waals surface area contributed by atoms with E-state index in [4.69, 9.17) is 23.1 Å². The summed E-state index contributed by atoms with van der Waals surface area (Å²) in [6.45, 7) is 5.56. The number of carbonyl (C=O) groups excluding carboxylic acids is 1. The Bertz CT molecular complexity index is 805. The van der Waals surface area contributed by atoms with E-state index in [1.54, 1.807) is 12.1 Å². The van der Waals surface area contributed by atoms with Crippen molar-refractivity contribution in [2.24, 2.45) is 26.9 Å². The van der Waals surface area contributed by atoms with Gasteiger partial charge in [-0.3, -0.25) is 9.69 Å². The van der Waals surface area contributed by atoms with E-state index in [1.165, 1.54) is 6.42 Å². The molecule has 1 spiro atoms. The number of aliphatic imine (C=N–C) groups is 2. The number of hydrogen-bond donors (Lipinski definition) is 3. The van der Waals surface area contributed by atoms with E-state index >= 15 is 0 Å². The van der Waals surface area contributed by atoms with Crippen LogP contribution in [-0.4, -0.2) is 23.5 Å². The predicted octanol–water partition coefficient (Wildman–Crippen LogP) is 3.43. The normalized spacial score (nSPS) is 19.5. The van der Waals surface area contributed by atoms with E-state index in [0.717, 1.165) is 31.4 Å². The first-order valence-corrected chi connectivity index (χ1v) is 9.61. The fourth-order valence-electron chi connectivity index (χ4n) is 3.55. The van der Waals surface area contributed by atoms with Crippen LogP contribution >= 0.6 is 11.6 Å². The zero-order valence-electron chi connectivity index (χ0n) is 16.1. The van der Waals surface area contributed by atoms with Crippen molar-refractivity contribution in [3.63, 3.8) is 0 Å². The number of carbonyl (C=O) groups is 1. The molecule has 0 unspecified atom stereocenters. The van der Waals surface area contributed by atoms with Gasteiger partial charge in [0.2, 0.25) is 17.8 Å². The van der Waals surface area contributed by atoms with Gasteiger partial charge in [0.05, 0.1) is 10.7 Å². The Morgan fingerprint density at radius 3 is 2.48 bits per heavy atom. The third kappa shape index (κ3) is 3.88. The second-order valence-corrected chi connectivity index (χ2v) is 8.59. The molecule has 2 aliphatic rings. The van der Waals surface area contributed by atoms with Gasteiger partial charge >= 0.3 is 0 Å². The number of halogens is 1. The molecule has 1 aliphatic carbocycles. The molecule has 3 rings (SSSR count). The summed E-state index contributed by atoms with van der Waals surface area (Å²) in [5, 5.41) is 3.31. The van der Waals surface area contributed by atoms with Gasteiger partial charge in [0.25, 0.3) is 0 Å². The van der Waals surface area contributed by atoms with Crippen LogP contribution in [0.4, 0.5) is 11.4 Å². The number of benzene rings is 1. The van der Waals surface area contributed by atoms with Crippen LogP contribution in [0.1, 0.15) is 52.9 Å². The van der Waals surface area contributed by atoms with E-state index in [0.29, 0.717) is 16.7 Å². The van der Waals surface area contributed by atoms with Gasteiger partial charge in [0.15, 0.2) is 0 Å². The lowest BCUT2D eigenvalue weighted by Gasteiger charge is -2.45. The van der Waals surface area contributed by atoms with Crippen LogP contribution in [0.15, 0.2) is 28.2 Å². The van der Waals surface area contributed by atoms with Gasteiger partial charge in [-0.15, -0.1) is 0 Å². The Hall–Kier alpha value is -2.28. The Morgan fingerprint density at radius 1 is 1.22 bits per heavy atom. The highest BCUT2D eigenvalue weighted by Crippen LogP contribution is 2.41. The molecule has 8 heteroatoms. The van der Waals surface area contributed by atoms with Gasteiger partial charge in [0.1, 0.15) is 5.66 Å². The molecular weight excluding hydrogens is 364 g/mol. The summed E-state index contributed by atoms with van der Waals surface area (Å²) in [5.41, 5.74) is 12.5. The van der Waals surface area contributed by atoms with Crippen LogP contribution in [0, 0.1) is 5.41 Å². The van der Waals surface area contributed by atoms with E-state index in [2.05, 4.69) is 15.3 Å². The van der Waals surface area contributed by atoms with Crippen molar-refractivity contribution >= 4 is 40.8 Å². The zero-order chi connectivity index (χ0) is 19.8. The number of hydrogen-bond acceptors (Lipinski definition) is 6. The topological polar surface area (TPSA) is 109 Å². The molecule has 146 valence electrons. The molecule has 0 bridgehead atoms. The molecule has 1 aromatic rings. The van der Waals surface area contributed by atoms with Crippen molar-refractivity contribution in [1.29, 1.82) is 0 Å². The number of nitrogens with zero attached hydrogens (tertiary/aromatic N) is 3. The first-order valence-electron chi connectivity index (χ1n) is 9.23. The summed E-state index contributed by atoms with van der Waals surface area (Å²) in [4.78, 5) is 23.0. The summed E-state index contributed by atoms with van der Waals surface area (Å²) in [6.07, 6.45) is 4.97. The summed E-state index contributed by atoms with van der Waals surface area (Å²) < 4.78 is 0. The predicted molar refractivity (Wildman–Crippen MR) is 111 cm³/mol. The van der Waals surface area contributed by atoms with Crippen molar-refractivity contribution in [2.45, 2.75) is 58.5 Å². The van der Waals surface area contributed by atoms with E-state index < -0.39 is 11.1 Å². The van der Waals surface area contributed by atoms with Gasteiger partial charge in [-0.25, -0.2) is 4.99 Å². The summed E-state index contributed by atoms with van der Waals surface area (Å²) in [7, 11) is 0.